The van der Waals surface area contributed by atoms with Gasteiger partial charge in [0.05, 0.1) is 13.2 Å². The van der Waals surface area contributed by atoms with Crippen LogP contribution in [0.3, 0.4) is 0 Å². The van der Waals surface area contributed by atoms with E-state index in [4.69, 9.17) is 0 Å². The molecule has 0 saturated heterocycles. The molecule has 0 aromatic heterocycles. The molecule has 0 aromatic carbocycles. The molecule has 4 nitrogen and oxygen atoms in total. The van der Waals surface area contributed by atoms with Crippen LogP contribution in [0.15, 0.2) is 0 Å². The SMILES string of the molecule is CCOOOCC.N. The average Bonchev–Trinajstić information content (AvgIpc) is 1.69. The number of rotatable bonds is 4. The van der Waals surface area contributed by atoms with Crippen molar-refractivity contribution >= 4 is 0 Å². The maximum atomic E-state index is 4.35. The molecule has 0 bridgehead atoms. The monoisotopic (exact) mass is 123 g/mol. The fourth-order valence-corrected chi connectivity index (χ4v) is 0.130. The lowest BCUT2D eigenvalue weighted by Gasteiger charge is -1.94. The minimum atomic E-state index is 0. The predicted octanol–water partition coefficient (Wildman–Crippen LogP) is 1.07. The molecule has 0 aliphatic carbocycles. The lowest BCUT2D eigenvalue weighted by Crippen LogP contribution is -1.94. The third kappa shape index (κ3) is 9.28. The van der Waals surface area contributed by atoms with Crippen molar-refractivity contribution in [2.45, 2.75) is 13.8 Å². The van der Waals surface area contributed by atoms with Gasteiger partial charge in [0.1, 0.15) is 0 Å². The number of hydrogen-bond donors (Lipinski definition) is 1. The van der Waals surface area contributed by atoms with Gasteiger partial charge >= 0.3 is 0 Å². The van der Waals surface area contributed by atoms with Crippen LogP contribution in [0.25, 0.3) is 0 Å². The molecule has 0 aliphatic rings. The van der Waals surface area contributed by atoms with Gasteiger partial charge in [-0.3, -0.25) is 0 Å². The second-order valence-electron chi connectivity index (χ2n) is 0.881. The Bertz CT molecular complexity index is 30.5. The molecule has 0 atom stereocenters. The van der Waals surface area contributed by atoms with Crippen molar-refractivity contribution in [2.24, 2.45) is 0 Å². The lowest BCUT2D eigenvalue weighted by atomic mass is 10.9. The number of hydrogen-bond acceptors (Lipinski definition) is 4. The Labute approximate surface area is 49.2 Å². The topological polar surface area (TPSA) is 62.7 Å². The van der Waals surface area contributed by atoms with Gasteiger partial charge in [-0.15, -0.1) is 0 Å². The van der Waals surface area contributed by atoms with E-state index >= 15 is 0 Å². The van der Waals surface area contributed by atoms with E-state index in [0.717, 1.165) is 0 Å². The molecule has 0 heterocycles. The molecule has 0 rings (SSSR count). The van der Waals surface area contributed by atoms with Gasteiger partial charge in [0.15, 0.2) is 0 Å². The molecule has 3 N–H and O–H groups in total. The average molecular weight is 123 g/mol. The van der Waals surface area contributed by atoms with Crippen LogP contribution in [0.1, 0.15) is 13.8 Å². The van der Waals surface area contributed by atoms with Crippen LogP contribution in [0, 0.1) is 0 Å². The highest BCUT2D eigenvalue weighted by Gasteiger charge is 1.77. The van der Waals surface area contributed by atoms with Crippen LogP contribution in [0.4, 0.5) is 0 Å². The summed E-state index contributed by atoms with van der Waals surface area (Å²) in [4.78, 5) is 8.70. The highest BCUT2D eigenvalue weighted by Crippen LogP contribution is 1.77. The first-order valence-electron chi connectivity index (χ1n) is 2.32. The zero-order valence-electron chi connectivity index (χ0n) is 5.35. The Balaban J connectivity index is 0. The van der Waals surface area contributed by atoms with Crippen LogP contribution < -0.4 is 6.15 Å². The molecule has 0 amide bonds. The molecule has 4 heteroatoms. The summed E-state index contributed by atoms with van der Waals surface area (Å²) in [5.41, 5.74) is 0. The lowest BCUT2D eigenvalue weighted by molar-refractivity contribution is -0.509. The van der Waals surface area contributed by atoms with Crippen LogP contribution in [-0.4, -0.2) is 13.2 Å². The smallest absolute Gasteiger partial charge is 0.0825 e. The van der Waals surface area contributed by atoms with E-state index in [2.05, 4.69) is 14.8 Å². The van der Waals surface area contributed by atoms with Crippen molar-refractivity contribution in [3.8, 4) is 0 Å². The molecule has 0 saturated carbocycles. The maximum absolute atomic E-state index is 4.35. The zero-order valence-corrected chi connectivity index (χ0v) is 5.35. The summed E-state index contributed by atoms with van der Waals surface area (Å²) in [5, 5.41) is 4.13. The quantitative estimate of drug-likeness (QED) is 0.345. The molecule has 0 radical (unpaired) electrons. The molecular formula is C4H13NO3. The van der Waals surface area contributed by atoms with Crippen LogP contribution in [0.5, 0.6) is 0 Å². The van der Waals surface area contributed by atoms with Crippen molar-refractivity contribution in [1.82, 2.24) is 6.15 Å². The summed E-state index contributed by atoms with van der Waals surface area (Å²) in [6, 6.07) is 0. The summed E-state index contributed by atoms with van der Waals surface area (Å²) in [5.74, 6) is 0. The minimum Gasteiger partial charge on any atom is -0.344 e. The molecule has 0 aromatic rings. The van der Waals surface area contributed by atoms with Gasteiger partial charge in [-0.2, -0.15) is 0 Å². The Morgan fingerprint density at radius 1 is 1.00 bits per heavy atom. The summed E-state index contributed by atoms with van der Waals surface area (Å²) in [6.07, 6.45) is 0. The predicted molar refractivity (Wildman–Crippen MR) is 29.4 cm³/mol. The maximum Gasteiger partial charge on any atom is 0.0825 e. The summed E-state index contributed by atoms with van der Waals surface area (Å²) in [7, 11) is 0. The van der Waals surface area contributed by atoms with Gasteiger partial charge in [-0.25, -0.2) is 9.78 Å². The van der Waals surface area contributed by atoms with Crippen molar-refractivity contribution in [3.05, 3.63) is 0 Å². The molecule has 52 valence electrons. The van der Waals surface area contributed by atoms with E-state index in [1.54, 1.807) is 0 Å². The second kappa shape index (κ2) is 9.96. The second-order valence-corrected chi connectivity index (χ2v) is 0.881. The van der Waals surface area contributed by atoms with Crippen LogP contribution in [-0.2, 0) is 14.8 Å². The highest BCUT2D eigenvalue weighted by molar-refractivity contribution is 3.93. The Hall–Kier alpha value is -0.160. The first-order chi connectivity index (χ1) is 3.41. The first kappa shape index (κ1) is 10.8. The summed E-state index contributed by atoms with van der Waals surface area (Å²) in [6.45, 7) is 4.66. The molecular weight excluding hydrogens is 110 g/mol. The van der Waals surface area contributed by atoms with E-state index in [0.29, 0.717) is 13.2 Å². The van der Waals surface area contributed by atoms with E-state index in [-0.39, 0.29) is 6.15 Å². The first-order valence-corrected chi connectivity index (χ1v) is 2.32. The summed E-state index contributed by atoms with van der Waals surface area (Å²) < 4.78 is 0. The van der Waals surface area contributed by atoms with Gasteiger partial charge in [-0.1, -0.05) is 5.04 Å². The van der Waals surface area contributed by atoms with Crippen molar-refractivity contribution in [3.63, 3.8) is 0 Å². The zero-order chi connectivity index (χ0) is 5.54. The third-order valence-corrected chi connectivity index (χ3v) is 0.332. The van der Waals surface area contributed by atoms with E-state index in [1.165, 1.54) is 0 Å². The van der Waals surface area contributed by atoms with Crippen LogP contribution in [0.2, 0.25) is 0 Å². The molecule has 0 aliphatic heterocycles. The van der Waals surface area contributed by atoms with Gasteiger partial charge in [0.2, 0.25) is 0 Å². The third-order valence-electron chi connectivity index (χ3n) is 0.332. The molecule has 0 fully saturated rings. The van der Waals surface area contributed by atoms with Gasteiger partial charge < -0.3 is 6.15 Å². The van der Waals surface area contributed by atoms with E-state index in [1.807, 2.05) is 13.8 Å². The van der Waals surface area contributed by atoms with Crippen molar-refractivity contribution in [1.29, 1.82) is 0 Å². The normalized spacial score (nSPS) is 8.25. The highest BCUT2D eigenvalue weighted by atomic mass is 17.5. The summed E-state index contributed by atoms with van der Waals surface area (Å²) >= 11 is 0. The van der Waals surface area contributed by atoms with Gasteiger partial charge in [-0.05, 0) is 13.8 Å². The Morgan fingerprint density at radius 3 is 1.62 bits per heavy atom. The van der Waals surface area contributed by atoms with Crippen molar-refractivity contribution in [2.75, 3.05) is 13.2 Å². The minimum absolute atomic E-state index is 0. The van der Waals surface area contributed by atoms with Gasteiger partial charge in [0, 0.05) is 0 Å². The fraction of sp³-hybridized carbons (Fsp3) is 1.00. The molecule has 0 unspecified atom stereocenters. The molecule has 8 heavy (non-hydrogen) atoms. The molecule has 0 spiro atoms. The van der Waals surface area contributed by atoms with Crippen LogP contribution >= 0.6 is 0 Å². The Morgan fingerprint density at radius 2 is 1.38 bits per heavy atom. The van der Waals surface area contributed by atoms with E-state index < -0.39 is 0 Å². The van der Waals surface area contributed by atoms with E-state index in [9.17, 15) is 0 Å². The Kier molecular flexibility index (Phi) is 13.4. The van der Waals surface area contributed by atoms with Crippen molar-refractivity contribution < 1.29 is 14.8 Å². The fourth-order valence-electron chi connectivity index (χ4n) is 0.130. The largest absolute Gasteiger partial charge is 0.344 e. The van der Waals surface area contributed by atoms with Gasteiger partial charge in [0.25, 0.3) is 0 Å². The standard InChI is InChI=1S/C4H10O3.H3N/c1-3-5-7-6-4-2;/h3-4H2,1-2H3;1H3.